The highest BCUT2D eigenvalue weighted by molar-refractivity contribution is 5.93. The third kappa shape index (κ3) is 2.94. The van der Waals surface area contributed by atoms with Crippen LogP contribution < -0.4 is 0 Å². The van der Waals surface area contributed by atoms with Crippen LogP contribution in [0.3, 0.4) is 0 Å². The second-order valence-electron chi connectivity index (χ2n) is 5.07. The number of halogens is 2. The van der Waals surface area contributed by atoms with Gasteiger partial charge in [-0.25, -0.2) is 8.78 Å². The molecule has 0 atom stereocenters. The summed E-state index contributed by atoms with van der Waals surface area (Å²) < 4.78 is 26.0. The third-order valence-corrected chi connectivity index (χ3v) is 3.36. The summed E-state index contributed by atoms with van der Waals surface area (Å²) in [6, 6.07) is 3.11. The number of hydrogen-bond donors (Lipinski definition) is 1. The normalized spacial score (nSPS) is 17.6. The molecule has 1 aromatic rings. The van der Waals surface area contributed by atoms with Gasteiger partial charge in [-0.05, 0) is 18.6 Å². The summed E-state index contributed by atoms with van der Waals surface area (Å²) in [4.78, 5) is 13.6. The molecule has 2 heterocycles. The molecule has 1 amide bonds. The molecule has 0 unspecified atom stereocenters. The van der Waals surface area contributed by atoms with Crippen LogP contribution in [-0.4, -0.2) is 45.6 Å². The summed E-state index contributed by atoms with van der Waals surface area (Å²) in [5, 5.41) is 10.0. The third-order valence-electron chi connectivity index (χ3n) is 3.36. The standard InChI is InChI=1S/C13H18F2N2O2/c1-2-5-13(19)8-17(9-13)12(18)10-4-3-6-16(10)7-11(14)15/h3-4,6,11,19H,2,5,7-9H2,1H3. The molecule has 2 rings (SSSR count). The summed E-state index contributed by atoms with van der Waals surface area (Å²) in [5.41, 5.74) is -0.552. The van der Waals surface area contributed by atoms with Crippen molar-refractivity contribution in [3.63, 3.8) is 0 Å². The van der Waals surface area contributed by atoms with E-state index in [9.17, 15) is 18.7 Å². The number of rotatable bonds is 5. The topological polar surface area (TPSA) is 45.5 Å². The Morgan fingerprint density at radius 3 is 2.79 bits per heavy atom. The van der Waals surface area contributed by atoms with E-state index in [4.69, 9.17) is 0 Å². The maximum atomic E-state index is 12.4. The van der Waals surface area contributed by atoms with E-state index in [1.54, 1.807) is 6.07 Å². The molecular formula is C13H18F2N2O2. The molecule has 6 heteroatoms. The molecule has 1 saturated heterocycles. The van der Waals surface area contributed by atoms with Crippen molar-refractivity contribution in [1.82, 2.24) is 9.47 Å². The highest BCUT2D eigenvalue weighted by Crippen LogP contribution is 2.27. The number of amides is 1. The molecule has 1 aromatic heterocycles. The first-order chi connectivity index (χ1) is 8.95. The van der Waals surface area contributed by atoms with Gasteiger partial charge in [0, 0.05) is 6.20 Å². The molecule has 1 N–H and O–H groups in total. The van der Waals surface area contributed by atoms with Crippen molar-refractivity contribution in [2.45, 2.75) is 38.3 Å². The Hall–Kier alpha value is -1.43. The fourth-order valence-electron chi connectivity index (χ4n) is 2.51. The molecule has 0 spiro atoms. The van der Waals surface area contributed by atoms with E-state index in [0.29, 0.717) is 6.42 Å². The zero-order valence-electron chi connectivity index (χ0n) is 10.9. The molecule has 1 fully saturated rings. The first-order valence-electron chi connectivity index (χ1n) is 6.40. The van der Waals surface area contributed by atoms with Gasteiger partial charge in [0.25, 0.3) is 12.3 Å². The van der Waals surface area contributed by atoms with E-state index in [1.165, 1.54) is 21.7 Å². The van der Waals surface area contributed by atoms with Crippen LogP contribution in [-0.2, 0) is 6.54 Å². The van der Waals surface area contributed by atoms with E-state index >= 15 is 0 Å². The van der Waals surface area contributed by atoms with Gasteiger partial charge in [0.1, 0.15) is 5.69 Å². The summed E-state index contributed by atoms with van der Waals surface area (Å²) in [6.45, 7) is 2.04. The Balaban J connectivity index is 2.00. The summed E-state index contributed by atoms with van der Waals surface area (Å²) in [7, 11) is 0. The summed E-state index contributed by atoms with van der Waals surface area (Å²) in [5.74, 6) is -0.300. The predicted octanol–water partition coefficient (Wildman–Crippen LogP) is 1.74. The van der Waals surface area contributed by atoms with Crippen LogP contribution in [0.1, 0.15) is 30.3 Å². The van der Waals surface area contributed by atoms with Crippen molar-refractivity contribution in [3.05, 3.63) is 24.0 Å². The van der Waals surface area contributed by atoms with Crippen LogP contribution in [0, 0.1) is 0 Å². The van der Waals surface area contributed by atoms with E-state index in [0.717, 1.165) is 6.42 Å². The number of likely N-dealkylation sites (tertiary alicyclic amines) is 1. The Labute approximate surface area is 110 Å². The lowest BCUT2D eigenvalue weighted by Crippen LogP contribution is -2.63. The first-order valence-corrected chi connectivity index (χ1v) is 6.40. The average Bonchev–Trinajstić information content (AvgIpc) is 2.72. The number of carbonyl (C=O) groups is 1. The molecule has 0 radical (unpaired) electrons. The lowest BCUT2D eigenvalue weighted by Gasteiger charge is -2.46. The van der Waals surface area contributed by atoms with Crippen molar-refractivity contribution >= 4 is 5.91 Å². The van der Waals surface area contributed by atoms with Gasteiger partial charge < -0.3 is 14.6 Å². The highest BCUT2D eigenvalue weighted by atomic mass is 19.3. The summed E-state index contributed by atoms with van der Waals surface area (Å²) >= 11 is 0. The number of nitrogens with zero attached hydrogens (tertiary/aromatic N) is 2. The number of alkyl halides is 2. The van der Waals surface area contributed by atoms with E-state index < -0.39 is 18.6 Å². The second-order valence-corrected chi connectivity index (χ2v) is 5.07. The lowest BCUT2D eigenvalue weighted by atomic mass is 9.89. The van der Waals surface area contributed by atoms with E-state index in [1.807, 2.05) is 6.92 Å². The van der Waals surface area contributed by atoms with Crippen LogP contribution in [0.2, 0.25) is 0 Å². The first kappa shape index (κ1) is 14.0. The minimum atomic E-state index is -2.49. The van der Waals surface area contributed by atoms with E-state index in [-0.39, 0.29) is 24.7 Å². The van der Waals surface area contributed by atoms with Crippen molar-refractivity contribution in [3.8, 4) is 0 Å². The molecule has 4 nitrogen and oxygen atoms in total. The van der Waals surface area contributed by atoms with Gasteiger partial charge >= 0.3 is 0 Å². The van der Waals surface area contributed by atoms with Gasteiger partial charge in [0.05, 0.1) is 25.2 Å². The molecule has 0 bridgehead atoms. The lowest BCUT2D eigenvalue weighted by molar-refractivity contribution is -0.0863. The monoisotopic (exact) mass is 272 g/mol. The molecule has 106 valence electrons. The van der Waals surface area contributed by atoms with Crippen LogP contribution in [0.15, 0.2) is 18.3 Å². The van der Waals surface area contributed by atoms with Crippen LogP contribution in [0.5, 0.6) is 0 Å². The quantitative estimate of drug-likeness (QED) is 0.887. The Morgan fingerprint density at radius 2 is 2.21 bits per heavy atom. The molecular weight excluding hydrogens is 254 g/mol. The van der Waals surface area contributed by atoms with Gasteiger partial charge in [-0.3, -0.25) is 4.79 Å². The molecule has 0 aliphatic carbocycles. The van der Waals surface area contributed by atoms with Crippen molar-refractivity contribution in [2.24, 2.45) is 0 Å². The zero-order valence-corrected chi connectivity index (χ0v) is 10.9. The number of β-amino-alcohol motifs (C(OH)–C–C–N with tert-alkyl or cyclic N) is 1. The van der Waals surface area contributed by atoms with Gasteiger partial charge in [-0.1, -0.05) is 13.3 Å². The Bertz CT molecular complexity index is 453. The molecule has 19 heavy (non-hydrogen) atoms. The molecule has 1 aliphatic rings. The predicted molar refractivity (Wildman–Crippen MR) is 66.2 cm³/mol. The minimum absolute atomic E-state index is 0.249. The van der Waals surface area contributed by atoms with Crippen LogP contribution in [0.25, 0.3) is 0 Å². The molecule has 1 aliphatic heterocycles. The van der Waals surface area contributed by atoms with Crippen LogP contribution >= 0.6 is 0 Å². The van der Waals surface area contributed by atoms with Crippen molar-refractivity contribution < 1.29 is 18.7 Å². The number of hydrogen-bond acceptors (Lipinski definition) is 2. The number of aromatic nitrogens is 1. The average molecular weight is 272 g/mol. The van der Waals surface area contributed by atoms with Gasteiger partial charge in [0.2, 0.25) is 0 Å². The van der Waals surface area contributed by atoms with Gasteiger partial charge in [-0.15, -0.1) is 0 Å². The second kappa shape index (κ2) is 5.28. The molecule has 0 saturated carbocycles. The van der Waals surface area contributed by atoms with Crippen molar-refractivity contribution in [1.29, 1.82) is 0 Å². The number of carbonyl (C=O) groups excluding carboxylic acids is 1. The minimum Gasteiger partial charge on any atom is -0.386 e. The smallest absolute Gasteiger partial charge is 0.270 e. The highest BCUT2D eigenvalue weighted by Gasteiger charge is 2.43. The molecule has 0 aromatic carbocycles. The summed E-state index contributed by atoms with van der Waals surface area (Å²) in [6.07, 6.45) is 0.472. The zero-order chi connectivity index (χ0) is 14.0. The maximum Gasteiger partial charge on any atom is 0.270 e. The number of aliphatic hydroxyl groups is 1. The maximum absolute atomic E-state index is 12.4. The SMILES string of the molecule is CCCC1(O)CN(C(=O)c2cccn2CC(F)F)C1. The van der Waals surface area contributed by atoms with Gasteiger partial charge in [-0.2, -0.15) is 0 Å². The van der Waals surface area contributed by atoms with Crippen molar-refractivity contribution in [2.75, 3.05) is 13.1 Å². The fraction of sp³-hybridized carbons (Fsp3) is 0.615. The fourth-order valence-corrected chi connectivity index (χ4v) is 2.51. The Morgan fingerprint density at radius 1 is 1.53 bits per heavy atom. The van der Waals surface area contributed by atoms with E-state index in [2.05, 4.69) is 0 Å². The van der Waals surface area contributed by atoms with Gasteiger partial charge in [0.15, 0.2) is 0 Å². The largest absolute Gasteiger partial charge is 0.386 e. The Kier molecular flexibility index (Phi) is 3.89. The van der Waals surface area contributed by atoms with Crippen LogP contribution in [0.4, 0.5) is 8.78 Å².